The summed E-state index contributed by atoms with van der Waals surface area (Å²) in [5, 5.41) is 0.124. The van der Waals surface area contributed by atoms with Crippen LogP contribution in [0.15, 0.2) is 0 Å². The van der Waals surface area contributed by atoms with Crippen molar-refractivity contribution in [3.8, 4) is 0 Å². The predicted molar refractivity (Wildman–Crippen MR) is 57.1 cm³/mol. The summed E-state index contributed by atoms with van der Waals surface area (Å²) in [6, 6.07) is 0. The number of hydrogen-bond donors (Lipinski definition) is 0. The molecule has 0 aromatic carbocycles. The lowest BCUT2D eigenvalue weighted by Crippen LogP contribution is -2.06. The Balaban J connectivity index is 3.27. The third-order valence-electron chi connectivity index (χ3n) is 1.90. The van der Waals surface area contributed by atoms with Crippen LogP contribution < -0.4 is 0 Å². The lowest BCUT2D eigenvalue weighted by atomic mass is 10.1. The summed E-state index contributed by atoms with van der Waals surface area (Å²) < 4.78 is 36.2. The fourth-order valence-corrected chi connectivity index (χ4v) is 1.85. The molecular formula is C10H17F3OS. The molecule has 1 unspecified atom stereocenters. The van der Waals surface area contributed by atoms with E-state index in [2.05, 4.69) is 0 Å². The molecule has 0 aliphatic heterocycles. The summed E-state index contributed by atoms with van der Waals surface area (Å²) in [5.41, 5.74) is 0. The first kappa shape index (κ1) is 14.8. The van der Waals surface area contributed by atoms with Crippen molar-refractivity contribution in [2.24, 2.45) is 0 Å². The maximum atomic E-state index is 12.8. The molecule has 0 bridgehead atoms. The second-order valence-corrected chi connectivity index (χ2v) is 4.45. The molecule has 1 nitrogen and oxygen atoms in total. The standard InChI is InChI=1S/C10H17F3OS/c1-2-10(14)15-6-4-3-5-8(11)7-9(12)13/h8-9H,2-7H2,1H3. The average Bonchev–Trinajstić information content (AvgIpc) is 2.15. The van der Waals surface area contributed by atoms with Crippen LogP contribution in [0.25, 0.3) is 0 Å². The summed E-state index contributed by atoms with van der Waals surface area (Å²) in [7, 11) is 0. The van der Waals surface area contributed by atoms with Gasteiger partial charge in [0.05, 0.1) is 0 Å². The first-order chi connectivity index (χ1) is 7.06. The van der Waals surface area contributed by atoms with Crippen LogP contribution in [0.4, 0.5) is 13.2 Å². The fraction of sp³-hybridized carbons (Fsp3) is 0.900. The molecule has 0 saturated carbocycles. The smallest absolute Gasteiger partial charge is 0.241 e. The van der Waals surface area contributed by atoms with E-state index in [4.69, 9.17) is 0 Å². The molecule has 0 aliphatic rings. The highest BCUT2D eigenvalue weighted by Gasteiger charge is 2.13. The molecule has 0 saturated heterocycles. The van der Waals surface area contributed by atoms with Crippen LogP contribution in [0.1, 0.15) is 39.0 Å². The van der Waals surface area contributed by atoms with Gasteiger partial charge in [0, 0.05) is 18.6 Å². The Morgan fingerprint density at radius 3 is 2.47 bits per heavy atom. The summed E-state index contributed by atoms with van der Waals surface area (Å²) in [6.45, 7) is 1.79. The second kappa shape index (κ2) is 9.07. The van der Waals surface area contributed by atoms with Crippen molar-refractivity contribution in [3.63, 3.8) is 0 Å². The van der Waals surface area contributed by atoms with Gasteiger partial charge in [-0.25, -0.2) is 13.2 Å². The molecule has 0 amide bonds. The van der Waals surface area contributed by atoms with E-state index in [9.17, 15) is 18.0 Å². The van der Waals surface area contributed by atoms with Crippen LogP contribution in [0.3, 0.4) is 0 Å². The van der Waals surface area contributed by atoms with Crippen LogP contribution in [0, 0.1) is 0 Å². The van der Waals surface area contributed by atoms with Crippen molar-refractivity contribution in [1.82, 2.24) is 0 Å². The Kier molecular flexibility index (Phi) is 8.95. The van der Waals surface area contributed by atoms with E-state index >= 15 is 0 Å². The lowest BCUT2D eigenvalue weighted by Gasteiger charge is -2.06. The number of thioether (sulfide) groups is 1. The van der Waals surface area contributed by atoms with Crippen molar-refractivity contribution in [2.45, 2.75) is 51.6 Å². The molecule has 0 aromatic rings. The minimum absolute atomic E-state index is 0.124. The Bertz CT molecular complexity index is 176. The molecule has 0 fully saturated rings. The van der Waals surface area contributed by atoms with E-state index in [0.717, 1.165) is 0 Å². The van der Waals surface area contributed by atoms with Gasteiger partial charge in [0.1, 0.15) is 6.17 Å². The van der Waals surface area contributed by atoms with Crippen molar-refractivity contribution in [3.05, 3.63) is 0 Å². The summed E-state index contributed by atoms with van der Waals surface area (Å²) in [4.78, 5) is 10.8. The number of unbranched alkanes of at least 4 members (excludes halogenated alkanes) is 1. The van der Waals surface area contributed by atoms with Gasteiger partial charge < -0.3 is 0 Å². The molecule has 0 heterocycles. The van der Waals surface area contributed by atoms with Gasteiger partial charge in [0.15, 0.2) is 5.12 Å². The molecule has 90 valence electrons. The Morgan fingerprint density at radius 1 is 1.27 bits per heavy atom. The van der Waals surface area contributed by atoms with Crippen molar-refractivity contribution in [1.29, 1.82) is 0 Å². The Labute approximate surface area is 92.8 Å². The Hall–Kier alpha value is -0.190. The monoisotopic (exact) mass is 242 g/mol. The maximum absolute atomic E-state index is 12.8. The minimum Gasteiger partial charge on any atom is -0.287 e. The highest BCUT2D eigenvalue weighted by Crippen LogP contribution is 2.15. The summed E-state index contributed by atoms with van der Waals surface area (Å²) in [5.74, 6) is 0.661. The zero-order valence-electron chi connectivity index (χ0n) is 8.85. The van der Waals surface area contributed by atoms with Crippen LogP contribution in [-0.2, 0) is 4.79 Å². The highest BCUT2D eigenvalue weighted by molar-refractivity contribution is 8.13. The van der Waals surface area contributed by atoms with E-state index in [1.54, 1.807) is 6.92 Å². The molecule has 1 atom stereocenters. The summed E-state index contributed by atoms with van der Waals surface area (Å²) >= 11 is 1.23. The normalized spacial score (nSPS) is 13.1. The van der Waals surface area contributed by atoms with Gasteiger partial charge in [0.25, 0.3) is 0 Å². The molecule has 5 heteroatoms. The molecule has 0 N–H and O–H groups in total. The molecule has 0 aromatic heterocycles. The third kappa shape index (κ3) is 10.1. The number of rotatable bonds is 8. The molecule has 0 spiro atoms. The van der Waals surface area contributed by atoms with Gasteiger partial charge in [-0.15, -0.1) is 0 Å². The number of halogens is 3. The third-order valence-corrected chi connectivity index (χ3v) is 3.00. The molecule has 0 aliphatic carbocycles. The number of carbonyl (C=O) groups excluding carboxylic acids is 1. The molecule has 15 heavy (non-hydrogen) atoms. The lowest BCUT2D eigenvalue weighted by molar-refractivity contribution is -0.110. The van der Waals surface area contributed by atoms with Crippen LogP contribution in [0.2, 0.25) is 0 Å². The highest BCUT2D eigenvalue weighted by atomic mass is 32.2. The second-order valence-electron chi connectivity index (χ2n) is 3.29. The topological polar surface area (TPSA) is 17.1 Å². The van der Waals surface area contributed by atoms with E-state index in [0.29, 0.717) is 25.0 Å². The predicted octanol–water partition coefficient (Wildman–Crippen LogP) is 3.82. The SMILES string of the molecule is CCC(=O)SCCCCC(F)CC(F)F. The van der Waals surface area contributed by atoms with Gasteiger partial charge in [0.2, 0.25) is 6.43 Å². The minimum atomic E-state index is -2.56. The van der Waals surface area contributed by atoms with E-state index < -0.39 is 19.0 Å². The van der Waals surface area contributed by atoms with Gasteiger partial charge in [-0.2, -0.15) is 0 Å². The van der Waals surface area contributed by atoms with Crippen molar-refractivity contribution >= 4 is 16.9 Å². The van der Waals surface area contributed by atoms with Crippen molar-refractivity contribution < 1.29 is 18.0 Å². The maximum Gasteiger partial charge on any atom is 0.241 e. The Morgan fingerprint density at radius 2 is 1.93 bits per heavy atom. The zero-order chi connectivity index (χ0) is 11.7. The van der Waals surface area contributed by atoms with Crippen LogP contribution in [0.5, 0.6) is 0 Å². The zero-order valence-corrected chi connectivity index (χ0v) is 9.66. The number of hydrogen-bond acceptors (Lipinski definition) is 2. The summed E-state index contributed by atoms with van der Waals surface area (Å²) in [6.07, 6.45) is -2.68. The largest absolute Gasteiger partial charge is 0.287 e. The average molecular weight is 242 g/mol. The number of alkyl halides is 3. The van der Waals surface area contributed by atoms with Crippen LogP contribution >= 0.6 is 11.8 Å². The van der Waals surface area contributed by atoms with Gasteiger partial charge in [-0.1, -0.05) is 18.7 Å². The van der Waals surface area contributed by atoms with E-state index in [1.165, 1.54) is 11.8 Å². The van der Waals surface area contributed by atoms with Gasteiger partial charge in [-0.3, -0.25) is 4.79 Å². The van der Waals surface area contributed by atoms with Gasteiger partial charge in [-0.05, 0) is 19.3 Å². The van der Waals surface area contributed by atoms with Crippen molar-refractivity contribution in [2.75, 3.05) is 5.75 Å². The quantitative estimate of drug-likeness (QED) is 0.602. The van der Waals surface area contributed by atoms with E-state index in [-0.39, 0.29) is 11.5 Å². The first-order valence-electron chi connectivity index (χ1n) is 5.14. The fourth-order valence-electron chi connectivity index (χ4n) is 1.07. The van der Waals surface area contributed by atoms with Gasteiger partial charge >= 0.3 is 0 Å². The van der Waals surface area contributed by atoms with Crippen LogP contribution in [-0.4, -0.2) is 23.5 Å². The van der Waals surface area contributed by atoms with E-state index in [1.807, 2.05) is 0 Å². The molecule has 0 rings (SSSR count). The molecular weight excluding hydrogens is 225 g/mol. The first-order valence-corrected chi connectivity index (χ1v) is 6.12. The number of carbonyl (C=O) groups is 1. The molecule has 0 radical (unpaired) electrons.